The monoisotopic (exact) mass is 1260 g/mol. The van der Waals surface area contributed by atoms with Gasteiger partial charge in [0, 0.05) is 0 Å². The molecule has 0 spiro atoms. The average Bonchev–Trinajstić information content (AvgIpc) is 3.25. The van der Waals surface area contributed by atoms with Crippen LogP contribution in [0.3, 0.4) is 0 Å². The first-order valence-electron chi connectivity index (χ1n) is 27.8. The first kappa shape index (κ1) is 72.9. The molecule has 1 aliphatic rings. The van der Waals surface area contributed by atoms with Crippen LogP contribution in [0, 0.1) is 41.5 Å². The molecule has 74 heavy (non-hydrogen) atoms. The van der Waals surface area contributed by atoms with E-state index >= 15 is 0 Å². The smallest absolute Gasteiger partial charge is 1.00 e. The normalized spacial score (nSPS) is 15.7. The second-order valence-corrected chi connectivity index (χ2v) is 83.2. The molecule has 0 atom stereocenters. The molecule has 4 rings (SSSR count). The summed E-state index contributed by atoms with van der Waals surface area (Å²) in [5, 5.41) is 22.3. The second kappa shape index (κ2) is 22.2. The van der Waals surface area contributed by atoms with E-state index in [9.17, 15) is 0 Å². The van der Waals surface area contributed by atoms with E-state index in [1.165, 1.54) is 0 Å². The third-order valence-electron chi connectivity index (χ3n) is 17.2. The minimum absolute atomic E-state index is 0. The van der Waals surface area contributed by atoms with E-state index in [0.717, 1.165) is 0 Å². The van der Waals surface area contributed by atoms with Gasteiger partial charge in [0.15, 0.2) is 0 Å². The molecule has 3 aromatic carbocycles. The van der Waals surface area contributed by atoms with Crippen LogP contribution in [-0.4, -0.2) is 80.7 Å². The van der Waals surface area contributed by atoms with Gasteiger partial charge in [0.05, 0.1) is 0 Å². The zero-order valence-corrected chi connectivity index (χ0v) is 69.0. The van der Waals surface area contributed by atoms with Gasteiger partial charge in [-0.15, -0.1) is 0 Å². The predicted octanol–water partition coefficient (Wildman–Crippen LogP) is 2.86. The summed E-state index contributed by atoms with van der Waals surface area (Å²) < 4.78 is -0.226. The minimum Gasteiger partial charge on any atom is -1.00 e. The van der Waals surface area contributed by atoms with E-state index in [1.807, 2.05) is 62.2 Å². The number of rotatable bonds is 13. The summed E-state index contributed by atoms with van der Waals surface area (Å²) in [6.07, 6.45) is 0. The van der Waals surface area contributed by atoms with Crippen molar-refractivity contribution in [1.29, 1.82) is 0 Å². The number of hydrogen-bond donors (Lipinski definition) is 0. The minimum atomic E-state index is -3.49. The first-order chi connectivity index (χ1) is 31.1. The van der Waals surface area contributed by atoms with Gasteiger partial charge in [0.25, 0.3) is 0 Å². The molecule has 0 N–H and O–H groups in total. The molecule has 0 fully saturated rings. The van der Waals surface area contributed by atoms with Crippen molar-refractivity contribution in [3.8, 4) is 0 Å². The van der Waals surface area contributed by atoms with Crippen LogP contribution in [0.4, 0.5) is 0 Å². The Morgan fingerprint density at radius 2 is 0.324 bits per heavy atom. The van der Waals surface area contributed by atoms with Crippen LogP contribution in [0.1, 0.15) is 61.1 Å². The van der Waals surface area contributed by atoms with Crippen LogP contribution in [0.25, 0.3) is 0 Å². The van der Waals surface area contributed by atoms with Crippen molar-refractivity contribution in [3.63, 3.8) is 0 Å². The summed E-state index contributed by atoms with van der Waals surface area (Å²) in [6, 6.07) is 0. The topological polar surface area (TPSA) is 0 Å². The maximum atomic E-state index is 2.92. The third-order valence-corrected chi connectivity index (χ3v) is 46.8. The van der Waals surface area contributed by atoms with Gasteiger partial charge in [-0.05, 0) is 0 Å². The quantitative estimate of drug-likeness (QED) is 0.183. The Labute approximate surface area is 500 Å². The van der Waals surface area contributed by atoms with E-state index in [2.05, 4.69) is 266 Å². The average molecular weight is 1270 g/mol. The molecule has 0 amide bonds. The second-order valence-electron chi connectivity index (χ2n) is 32.5. The molecule has 0 aliphatic heterocycles. The number of halogens is 3. The van der Waals surface area contributed by atoms with Crippen LogP contribution in [0.15, 0.2) is 22.3 Å². The van der Waals surface area contributed by atoms with Gasteiger partial charge in [0.1, 0.15) is 0 Å². The zero-order valence-electron chi connectivity index (χ0n) is 55.1. The Balaban J connectivity index is 0.00000913. The number of allylic oxidation sites excluding steroid dienone is 4. The summed E-state index contributed by atoms with van der Waals surface area (Å²) >= 11 is 2.92. The third kappa shape index (κ3) is 11.9. The molecule has 0 saturated heterocycles. The van der Waals surface area contributed by atoms with Crippen molar-refractivity contribution < 1.29 is 57.7 Å². The standard InChI is InChI=1S/C60H111Si10.3ClH.Ti/c1-38-39(2)41(4)48(40(38)3)70(58-45(8)52(64(20,21)22)49(61(11,12)13)42(5)55(58)67(29,30)31,59-46(9)53(65(23,24)25)50(62(14,15)16)43(6)56(59)68(32,33)34)60-47(10)54(66(26,27)28)51(63(17,18)19)44(7)57(60)69(35,36)37;;;;/h1-37H3;3*1H;/q;;;;+3/p-3. The van der Waals surface area contributed by atoms with Crippen molar-refractivity contribution in [2.45, 2.75) is 249 Å². The van der Waals surface area contributed by atoms with Gasteiger partial charge in [-0.25, -0.2) is 0 Å². The molecule has 0 saturated carbocycles. The van der Waals surface area contributed by atoms with E-state index in [4.69, 9.17) is 0 Å². The van der Waals surface area contributed by atoms with Crippen molar-refractivity contribution in [2.24, 2.45) is 0 Å². The van der Waals surface area contributed by atoms with Gasteiger partial charge in [-0.1, -0.05) is 0 Å². The zero-order chi connectivity index (χ0) is 56.2. The molecule has 0 bridgehead atoms. The predicted molar refractivity (Wildman–Crippen MR) is 359 cm³/mol. The molecular weight excluding hydrogens is 1160 g/mol. The van der Waals surface area contributed by atoms with Crippen molar-refractivity contribution in [3.05, 3.63) is 55.7 Å². The maximum Gasteiger partial charge on any atom is -1.00 e. The van der Waals surface area contributed by atoms with Crippen molar-refractivity contribution in [1.82, 2.24) is 0 Å². The van der Waals surface area contributed by atoms with E-state index in [1.54, 1.807) is 55.7 Å². The fourth-order valence-electron chi connectivity index (χ4n) is 15.8. The molecular formula is C60H111Cl3Si10Ti. The van der Waals surface area contributed by atoms with Gasteiger partial charge in [-0.3, -0.25) is 0 Å². The van der Waals surface area contributed by atoms with E-state index < -0.39 is 80.7 Å². The van der Waals surface area contributed by atoms with E-state index in [-0.39, 0.29) is 40.6 Å². The maximum absolute atomic E-state index is 3.49. The van der Waals surface area contributed by atoms with Gasteiger partial charge >= 0.3 is 468 Å². The number of benzene rings is 3. The molecule has 0 nitrogen and oxygen atoms in total. The Morgan fingerprint density at radius 3 is 0.446 bits per heavy atom. The van der Waals surface area contributed by atoms with Gasteiger partial charge in [0.2, 0.25) is 0 Å². The Bertz CT molecular complexity index is 2480. The fourth-order valence-corrected chi connectivity index (χ4v) is 57.5. The molecule has 3 aromatic rings. The largest absolute Gasteiger partial charge is 1.00 e. The molecule has 14 heteroatoms. The van der Waals surface area contributed by atoms with Crippen LogP contribution in [-0.2, 0) is 20.4 Å². The fraction of sp³-hybridized carbons (Fsp3) is 0.633. The number of hydrogen-bond acceptors (Lipinski definition) is 0. The van der Waals surface area contributed by atoms with Crippen LogP contribution < -0.4 is 99.5 Å². The molecule has 416 valence electrons. The summed E-state index contributed by atoms with van der Waals surface area (Å²) in [4.78, 5) is 0. The summed E-state index contributed by atoms with van der Waals surface area (Å²) in [5.74, 6) is 0. The molecule has 0 heterocycles. The molecule has 1 aliphatic carbocycles. The van der Waals surface area contributed by atoms with Crippen molar-refractivity contribution in [2.75, 3.05) is 0 Å². The summed E-state index contributed by atoms with van der Waals surface area (Å²) in [7, 11) is -21.6. The SMILES string of the molecule is CC1=C(C)[C]([Ti+3])([Si](c2c(C)c([Si](C)(C)C)c([Si](C)(C)C)c(C)c2[Si](C)(C)C)(c2c(C)c([Si](C)(C)C)c([Si](C)(C)C)c(C)c2[Si](C)(C)C)c2c(C)c([Si](C)(C)C)c([Si](C)(C)C)c(C)c2[Si](C)(C)C)C(C)=C1C.[Cl-].[Cl-].[Cl-]. The molecule has 0 radical (unpaired) electrons. The van der Waals surface area contributed by atoms with E-state index in [0.29, 0.717) is 0 Å². The summed E-state index contributed by atoms with van der Waals surface area (Å²) in [5.41, 5.74) is 16.9. The molecule has 0 aromatic heterocycles. The Kier molecular flexibility index (Phi) is 21.9. The first-order valence-corrected chi connectivity index (χ1v) is 62.0. The van der Waals surface area contributed by atoms with Crippen molar-refractivity contribution >= 4 is 143 Å². The van der Waals surface area contributed by atoms with Gasteiger partial charge in [-0.2, -0.15) is 0 Å². The van der Waals surface area contributed by atoms with Gasteiger partial charge < -0.3 is 37.2 Å². The Morgan fingerprint density at radius 1 is 0.216 bits per heavy atom. The molecule has 0 unspecified atom stereocenters. The Hall–Kier alpha value is 0.893. The van der Waals surface area contributed by atoms with Crippen LogP contribution >= 0.6 is 0 Å². The summed E-state index contributed by atoms with van der Waals surface area (Å²) in [6.45, 7) is 101. The van der Waals surface area contributed by atoms with Crippen LogP contribution in [0.5, 0.6) is 0 Å². The van der Waals surface area contributed by atoms with Crippen LogP contribution in [0.2, 0.25) is 180 Å².